The van der Waals surface area contributed by atoms with Crippen molar-refractivity contribution in [2.75, 3.05) is 23.8 Å². The van der Waals surface area contributed by atoms with Crippen molar-refractivity contribution in [3.8, 4) is 44.9 Å². The van der Waals surface area contributed by atoms with Gasteiger partial charge < -0.3 is 41.9 Å². The van der Waals surface area contributed by atoms with Crippen LogP contribution in [0.4, 0.5) is 56.1 Å². The van der Waals surface area contributed by atoms with Crippen molar-refractivity contribution in [1.82, 2.24) is 0 Å². The van der Waals surface area contributed by atoms with Gasteiger partial charge in [-0.3, -0.25) is 14.4 Å². The maximum atomic E-state index is 15.5. The number of halogens is 5. The zero-order chi connectivity index (χ0) is 97.6. The van der Waals surface area contributed by atoms with Gasteiger partial charge in [-0.2, -0.15) is 22.0 Å². The molecule has 0 amide bonds. The van der Waals surface area contributed by atoms with Crippen LogP contribution in [0.5, 0.6) is 0 Å². The summed E-state index contributed by atoms with van der Waals surface area (Å²) in [6.07, 6.45) is 1.07. The normalized spacial score (nSPS) is 13.0. The van der Waals surface area contributed by atoms with Gasteiger partial charge >= 0.3 is 28.7 Å². The van der Waals surface area contributed by atoms with Gasteiger partial charge in [0.05, 0.1) is 44.9 Å². The lowest BCUT2D eigenvalue weighted by atomic mass is 9.91. The highest BCUT2D eigenvalue weighted by Gasteiger charge is 2.44. The number of ether oxygens (including phenoxy) is 3. The first-order valence-corrected chi connectivity index (χ1v) is 49.9. The standard InChI is InChI=1S/C56H66F2N3O9S2.C46H47F3N3O7S2/c1-12-55(10,11)54(63)68-30-16-15-25-50(62)69-33-56(57,58)72(66,67)61-71(64,65)49-24-14-13-19-46(49)51-44-28-26-38(59-52-40(34(2)3)20-17-21-41(52)35(4)5)31-47(44)70-48-32-39(27-29-45(48)51)60-53-42(36(6)7)22-18-23-43(53)37(8)9;1-9-45(7,8)44(53)58-26-30-15-12-14-29(6)42(30)50-31-20-22-35-38(24-31)59-39-25-32(51-43-33(27(2)3)17-13-18-34(43)28(4)5)21-23-36(39)41(35)37-16-10-11-19-40(37)60(54,55)52-61(56,57)46(47,48)49/h13-14,17-24,26-29,31-32,34-37H,12,15-16,25,30,33H2,1-11H3,(H,59,60);10-25,27-28H,9,26H2,1-8H3,(H,50,51)/q2*-1/p+2. The fourth-order valence-corrected chi connectivity index (χ4v) is 20.4. The molecule has 0 unspecified atom stereocenters. The number of esters is 3. The number of aryl methyl sites for hydroxylation is 1. The van der Waals surface area contributed by atoms with Crippen LogP contribution < -0.4 is 31.3 Å². The number of nitrogens with one attached hydrogen (secondary N) is 4. The molecule has 0 radical (unpaired) electrons. The molecule has 0 atom stereocenters. The van der Waals surface area contributed by atoms with Crippen LogP contribution in [0.2, 0.25) is 0 Å². The minimum absolute atomic E-state index is 0.00757. The minimum atomic E-state index is -6.43. The Balaban J connectivity index is 0.000000260. The zero-order valence-corrected chi connectivity index (χ0v) is 81.3. The highest BCUT2D eigenvalue weighted by Crippen LogP contribution is 2.49. The molecule has 8 aromatic carbocycles. The van der Waals surface area contributed by atoms with Crippen LogP contribution in [-0.2, 0) is 75.3 Å². The van der Waals surface area contributed by atoms with Crippen LogP contribution >= 0.6 is 0 Å². The summed E-state index contributed by atoms with van der Waals surface area (Å²) in [7, 11) is -23.5. The number of carbonyl (C=O) groups excluding carboxylic acids is 3. The van der Waals surface area contributed by atoms with E-state index in [1.807, 2.05) is 83.1 Å². The molecule has 2 aliphatic heterocycles. The summed E-state index contributed by atoms with van der Waals surface area (Å²) < 4.78 is 212. The molecule has 0 bridgehead atoms. The molecular weight excluding hydrogens is 1790 g/mol. The van der Waals surface area contributed by atoms with E-state index in [2.05, 4.69) is 153 Å². The number of benzene rings is 10. The van der Waals surface area contributed by atoms with Gasteiger partial charge in [0.15, 0.2) is 26.7 Å². The van der Waals surface area contributed by atoms with Crippen LogP contribution in [0, 0.1) is 17.8 Å². The predicted molar refractivity (Wildman–Crippen MR) is 509 cm³/mol. The van der Waals surface area contributed by atoms with Crippen molar-refractivity contribution in [2.24, 2.45) is 10.8 Å². The number of anilines is 4. The van der Waals surface area contributed by atoms with Gasteiger partial charge in [0.25, 0.3) is 0 Å². The molecule has 12 rings (SSSR count). The lowest BCUT2D eigenvalue weighted by Gasteiger charge is -2.28. The monoisotopic (exact) mass is 1900 g/mol. The van der Waals surface area contributed by atoms with Gasteiger partial charge in [-0.15, -0.1) is 0 Å². The van der Waals surface area contributed by atoms with Gasteiger partial charge in [0.2, 0.25) is 22.1 Å². The molecule has 0 saturated carbocycles. The van der Waals surface area contributed by atoms with Crippen molar-refractivity contribution >= 4 is 114 Å². The third-order valence-corrected chi connectivity index (χ3v) is 30.0. The maximum Gasteiger partial charge on any atom is 0.480 e. The first-order valence-electron chi connectivity index (χ1n) is 44.2. The molecule has 22 nitrogen and oxygen atoms in total. The van der Waals surface area contributed by atoms with Crippen LogP contribution in [0.1, 0.15) is 237 Å². The Morgan fingerprint density at radius 2 is 0.820 bits per heavy atom. The van der Waals surface area contributed by atoms with Crippen LogP contribution in [0.15, 0.2) is 213 Å². The summed E-state index contributed by atoms with van der Waals surface area (Å²) in [4.78, 5) is 43.1. The van der Waals surface area contributed by atoms with Gasteiger partial charge in [-0.05, 0) is 173 Å². The largest absolute Gasteiger partial charge is 0.480 e. The number of hydrogen-bond donors (Lipinski definition) is 4. The van der Waals surface area contributed by atoms with E-state index in [4.69, 9.17) is 18.3 Å². The first kappa shape index (κ1) is 102. The fraction of sp³-hybridized carbons (Fsp3) is 0.363. The van der Waals surface area contributed by atoms with Crippen molar-refractivity contribution in [3.63, 3.8) is 0 Å². The molecule has 4 aliphatic rings. The number of hydrogen-bond acceptors (Lipinski definition) is 18. The Hall–Kier alpha value is -11.5. The highest BCUT2D eigenvalue weighted by molar-refractivity contribution is 8.13. The van der Waals surface area contributed by atoms with Crippen LogP contribution in [0.3, 0.4) is 0 Å². The van der Waals surface area contributed by atoms with Crippen LogP contribution in [0.25, 0.3) is 75.1 Å². The number of fused-ring (bicyclic) bond motifs is 4. The zero-order valence-electron chi connectivity index (χ0n) is 78.0. The quantitative estimate of drug-likeness (QED) is 0.00957. The SMILES string of the molecule is CCC(C)(C)C(=O)OCCCCC(=O)OCC(F)(F)S(=O)(=O)[N-]S(=O)(=O)c1ccccc1-c1c2ccc(=[NH+]c3c(C(C)C)cccc3C(C)C)cc-2oc2cc(Nc3c(C(C)C)cccc3C(C)C)ccc12.CCC(C)(C)C(=O)OCc1cccc(C)c1[NH+]=c1ccc2c(-c3ccccc3S(=O)(=O)[N-]S(=O)(=O)C(F)(F)F)c3ccc(Nc4c(C(C)C)cccc4C(C)C)cc3oc-2c1. The van der Waals surface area contributed by atoms with Gasteiger partial charge in [-0.25, -0.2) is 43.7 Å². The van der Waals surface area contributed by atoms with Gasteiger partial charge in [0, 0.05) is 114 Å². The smallest absolute Gasteiger partial charge is 0.465 e. The maximum absolute atomic E-state index is 15.5. The van der Waals surface area contributed by atoms with E-state index in [9.17, 15) is 61.2 Å². The van der Waals surface area contributed by atoms with E-state index in [1.165, 1.54) is 30.3 Å². The molecule has 0 saturated heterocycles. The number of para-hydroxylation sites is 4. The number of nitrogens with zero attached hydrogens (tertiary/aromatic N) is 2. The molecular formula is C102H115F5N6O16S4. The molecule has 2 heterocycles. The van der Waals surface area contributed by atoms with Gasteiger partial charge in [0.1, 0.15) is 49.3 Å². The average Bonchev–Trinajstić information content (AvgIpc) is 0.737. The number of carbonyl (C=O) groups is 3. The van der Waals surface area contributed by atoms with E-state index < -0.39 is 90.0 Å². The molecule has 2 aliphatic carbocycles. The Bertz CT molecular complexity index is 6860. The molecule has 4 N–H and O–H groups in total. The minimum Gasteiger partial charge on any atom is -0.465 e. The van der Waals surface area contributed by atoms with Crippen LogP contribution in [-0.4, -0.2) is 75.6 Å². The summed E-state index contributed by atoms with van der Waals surface area (Å²) in [6.45, 7) is 36.1. The first-order chi connectivity index (χ1) is 62.3. The third-order valence-electron chi connectivity index (χ3n) is 23.6. The second kappa shape index (κ2) is 41.2. The Morgan fingerprint density at radius 3 is 1.23 bits per heavy atom. The van der Waals surface area contributed by atoms with Crippen molar-refractivity contribution in [2.45, 2.75) is 226 Å². The average molecular weight is 1900 g/mol. The Labute approximate surface area is 775 Å². The van der Waals surface area contributed by atoms with Gasteiger partial charge in [-0.1, -0.05) is 200 Å². The summed E-state index contributed by atoms with van der Waals surface area (Å²) in [5, 5.41) is 4.34. The van der Waals surface area contributed by atoms with Crippen molar-refractivity contribution < 1.29 is 103 Å². The molecule has 133 heavy (non-hydrogen) atoms. The molecule has 0 spiro atoms. The summed E-state index contributed by atoms with van der Waals surface area (Å²) in [6, 6.07) is 55.9. The molecule has 8 aromatic rings. The predicted octanol–water partition coefficient (Wildman–Crippen LogP) is 22.6. The van der Waals surface area contributed by atoms with E-state index >= 15 is 8.78 Å². The van der Waals surface area contributed by atoms with E-state index in [-0.39, 0.29) is 102 Å². The Kier molecular flexibility index (Phi) is 31.6. The van der Waals surface area contributed by atoms with E-state index in [0.29, 0.717) is 85.0 Å². The lowest BCUT2D eigenvalue weighted by molar-refractivity contribution is -0.404. The summed E-state index contributed by atoms with van der Waals surface area (Å²) in [5.41, 5.74) is 7.61. The summed E-state index contributed by atoms with van der Waals surface area (Å²) >= 11 is 0. The second-order valence-corrected chi connectivity index (χ2v) is 43.1. The number of sulfonamides is 4. The molecule has 0 aromatic heterocycles. The highest BCUT2D eigenvalue weighted by atomic mass is 32.3. The van der Waals surface area contributed by atoms with E-state index in [0.717, 1.165) is 68.1 Å². The molecule has 708 valence electrons. The van der Waals surface area contributed by atoms with Crippen molar-refractivity contribution in [3.05, 3.63) is 258 Å². The second-order valence-electron chi connectivity index (χ2n) is 36.2. The molecule has 0 fully saturated rings. The lowest BCUT2D eigenvalue weighted by Crippen LogP contribution is -2.71. The summed E-state index contributed by atoms with van der Waals surface area (Å²) in [5.74, 6) is -0.185. The van der Waals surface area contributed by atoms with E-state index in [1.54, 1.807) is 80.6 Å². The third kappa shape index (κ3) is 23.3. The topological polar surface area (TPSA) is 322 Å². The van der Waals surface area contributed by atoms with Crippen molar-refractivity contribution in [1.29, 1.82) is 0 Å². The molecule has 31 heteroatoms. The number of unbranched alkanes of at least 4 members (excludes halogenated alkanes) is 1. The number of alkyl halides is 5. The number of rotatable bonds is 34. The Morgan fingerprint density at radius 1 is 0.429 bits per heavy atom. The fourth-order valence-electron chi connectivity index (χ4n) is 15.3.